The monoisotopic (exact) mass is 431 g/mol. The summed E-state index contributed by atoms with van der Waals surface area (Å²) in [6.07, 6.45) is 8.40. The lowest BCUT2D eigenvalue weighted by Gasteiger charge is -2.10. The van der Waals surface area contributed by atoms with Crippen molar-refractivity contribution in [3.05, 3.63) is 60.1 Å². The fourth-order valence-electron chi connectivity index (χ4n) is 3.78. The maximum Gasteiger partial charge on any atom is 0.263 e. The number of pyridine rings is 1. The van der Waals surface area contributed by atoms with Crippen molar-refractivity contribution in [1.82, 2.24) is 39.5 Å². The average molecular weight is 431 g/mol. The molecule has 4 aromatic rings. The molecule has 4 aromatic heterocycles. The van der Waals surface area contributed by atoms with Gasteiger partial charge in [-0.3, -0.25) is 19.4 Å². The predicted molar refractivity (Wildman–Crippen MR) is 114 cm³/mol. The first-order valence-corrected chi connectivity index (χ1v) is 10.2. The summed E-state index contributed by atoms with van der Waals surface area (Å²) < 4.78 is 8.99. The third kappa shape index (κ3) is 3.68. The number of carbonyl (C=O) groups excluding carboxylic acids is 1. The average Bonchev–Trinajstić information content (AvgIpc) is 3.51. The highest BCUT2D eigenvalue weighted by Crippen LogP contribution is 2.30. The zero-order valence-corrected chi connectivity index (χ0v) is 17.6. The summed E-state index contributed by atoms with van der Waals surface area (Å²) in [6, 6.07) is 5.73. The fraction of sp³-hybridized carbons (Fsp3) is 0.286. The van der Waals surface area contributed by atoms with Gasteiger partial charge in [0.2, 0.25) is 5.88 Å². The van der Waals surface area contributed by atoms with Crippen molar-refractivity contribution in [1.29, 1.82) is 0 Å². The Kier molecular flexibility index (Phi) is 5.06. The number of carbonyl (C=O) groups is 1. The van der Waals surface area contributed by atoms with E-state index in [1.165, 1.54) is 7.11 Å². The van der Waals surface area contributed by atoms with Crippen LogP contribution in [0.5, 0.6) is 5.88 Å². The van der Waals surface area contributed by atoms with Gasteiger partial charge in [-0.2, -0.15) is 0 Å². The first-order chi connectivity index (χ1) is 15.6. The maximum absolute atomic E-state index is 13.0. The Labute approximate surface area is 183 Å². The molecule has 162 valence electrons. The molecule has 0 saturated heterocycles. The van der Waals surface area contributed by atoms with Crippen molar-refractivity contribution < 1.29 is 9.53 Å². The van der Waals surface area contributed by atoms with Gasteiger partial charge >= 0.3 is 0 Å². The molecule has 1 N–H and O–H groups in total. The standard InChI is InChI=1S/C21H21N9O2/c1-13-6-7-18-26-27-19(30(13)18)16-4-3-5-17(24-16)25-20(31)15-12-29(28-21(15)32-2)11-14-10-22-8-9-23-14/h3-5,8-10,12-13H,6-7,11H2,1-2H3,(H,24,25,31)/t13-/m0/s1. The zero-order chi connectivity index (χ0) is 22.1. The molecular weight excluding hydrogens is 410 g/mol. The SMILES string of the molecule is COc1nn(Cc2cnccn2)cc1C(=O)Nc1cccc(-c2nnc3n2[C@@H](C)CC3)n1. The molecule has 1 amide bonds. The van der Waals surface area contributed by atoms with Crippen LogP contribution in [-0.2, 0) is 13.0 Å². The van der Waals surface area contributed by atoms with Crippen LogP contribution in [0.2, 0.25) is 0 Å². The Morgan fingerprint density at radius 3 is 3.00 bits per heavy atom. The van der Waals surface area contributed by atoms with E-state index >= 15 is 0 Å². The van der Waals surface area contributed by atoms with Gasteiger partial charge in [-0.05, 0) is 25.5 Å². The van der Waals surface area contributed by atoms with Gasteiger partial charge in [-0.15, -0.1) is 15.3 Å². The molecule has 32 heavy (non-hydrogen) atoms. The van der Waals surface area contributed by atoms with E-state index in [0.717, 1.165) is 18.7 Å². The first kappa shape index (κ1) is 19.8. The van der Waals surface area contributed by atoms with E-state index in [9.17, 15) is 4.79 Å². The molecule has 0 unspecified atom stereocenters. The summed E-state index contributed by atoms with van der Waals surface area (Å²) in [4.78, 5) is 25.8. The fourth-order valence-corrected chi connectivity index (χ4v) is 3.78. The highest BCUT2D eigenvalue weighted by atomic mass is 16.5. The van der Waals surface area contributed by atoms with E-state index in [0.29, 0.717) is 41.2 Å². The highest BCUT2D eigenvalue weighted by Gasteiger charge is 2.25. The van der Waals surface area contributed by atoms with Crippen molar-refractivity contribution in [2.75, 3.05) is 12.4 Å². The third-order valence-corrected chi connectivity index (χ3v) is 5.32. The minimum Gasteiger partial charge on any atom is -0.479 e. The van der Waals surface area contributed by atoms with Crippen LogP contribution < -0.4 is 10.1 Å². The Balaban J connectivity index is 1.37. The second-order valence-corrected chi connectivity index (χ2v) is 7.51. The lowest BCUT2D eigenvalue weighted by Crippen LogP contribution is -2.14. The molecule has 1 aliphatic heterocycles. The van der Waals surface area contributed by atoms with Crippen molar-refractivity contribution in [3.63, 3.8) is 0 Å². The van der Waals surface area contributed by atoms with E-state index in [4.69, 9.17) is 4.74 Å². The molecule has 0 aliphatic carbocycles. The van der Waals surface area contributed by atoms with Crippen LogP contribution in [0.4, 0.5) is 5.82 Å². The van der Waals surface area contributed by atoms with E-state index < -0.39 is 0 Å². The van der Waals surface area contributed by atoms with E-state index in [2.05, 4.69) is 47.1 Å². The molecule has 11 heteroatoms. The largest absolute Gasteiger partial charge is 0.479 e. The van der Waals surface area contributed by atoms with Gasteiger partial charge in [-0.1, -0.05) is 6.07 Å². The Morgan fingerprint density at radius 2 is 2.19 bits per heavy atom. The quantitative estimate of drug-likeness (QED) is 0.492. The van der Waals surface area contributed by atoms with Crippen molar-refractivity contribution in [3.8, 4) is 17.4 Å². The van der Waals surface area contributed by atoms with Crippen LogP contribution in [0.25, 0.3) is 11.5 Å². The van der Waals surface area contributed by atoms with Gasteiger partial charge in [0.25, 0.3) is 5.91 Å². The van der Waals surface area contributed by atoms with Crippen molar-refractivity contribution in [2.45, 2.75) is 32.4 Å². The number of ether oxygens (including phenoxy) is 1. The smallest absolute Gasteiger partial charge is 0.263 e. The van der Waals surface area contributed by atoms with E-state index in [-0.39, 0.29) is 11.8 Å². The summed E-state index contributed by atoms with van der Waals surface area (Å²) in [5.74, 6) is 1.90. The van der Waals surface area contributed by atoms with Gasteiger partial charge in [0, 0.05) is 31.1 Å². The molecule has 0 aromatic carbocycles. The van der Waals surface area contributed by atoms with E-state index in [1.807, 2.05) is 12.1 Å². The van der Waals surface area contributed by atoms with Gasteiger partial charge in [0.05, 0.1) is 25.5 Å². The number of aryl methyl sites for hydroxylation is 1. The minimum atomic E-state index is -0.378. The number of amides is 1. The number of hydrogen-bond donors (Lipinski definition) is 1. The normalized spacial score (nSPS) is 14.9. The minimum absolute atomic E-state index is 0.214. The number of anilines is 1. The first-order valence-electron chi connectivity index (χ1n) is 10.2. The number of fused-ring (bicyclic) bond motifs is 1. The van der Waals surface area contributed by atoms with Crippen molar-refractivity contribution in [2.24, 2.45) is 0 Å². The van der Waals surface area contributed by atoms with Crippen LogP contribution in [0, 0.1) is 0 Å². The Bertz CT molecular complexity index is 1270. The zero-order valence-electron chi connectivity index (χ0n) is 17.6. The molecule has 0 radical (unpaired) electrons. The van der Waals surface area contributed by atoms with Gasteiger partial charge < -0.3 is 14.6 Å². The second-order valence-electron chi connectivity index (χ2n) is 7.51. The molecule has 5 heterocycles. The van der Waals surface area contributed by atoms with E-state index in [1.54, 1.807) is 35.5 Å². The van der Waals surface area contributed by atoms with Gasteiger partial charge in [-0.25, -0.2) is 4.98 Å². The molecule has 11 nitrogen and oxygen atoms in total. The molecule has 1 atom stereocenters. The number of aromatic nitrogens is 8. The highest BCUT2D eigenvalue weighted by molar-refractivity contribution is 6.05. The summed E-state index contributed by atoms with van der Waals surface area (Å²) in [5.41, 5.74) is 1.66. The lowest BCUT2D eigenvalue weighted by molar-refractivity contribution is 0.102. The molecular formula is C21H21N9O2. The molecule has 0 saturated carbocycles. The summed E-state index contributed by atoms with van der Waals surface area (Å²) >= 11 is 0. The topological polar surface area (TPSA) is 126 Å². The number of nitrogens with one attached hydrogen (secondary N) is 1. The Morgan fingerprint density at radius 1 is 1.28 bits per heavy atom. The number of rotatable bonds is 6. The van der Waals surface area contributed by atoms with Crippen LogP contribution in [0.1, 0.15) is 41.3 Å². The molecule has 5 rings (SSSR count). The molecule has 0 fully saturated rings. The van der Waals surface area contributed by atoms with Gasteiger partial charge in [0.1, 0.15) is 22.9 Å². The van der Waals surface area contributed by atoms with Crippen LogP contribution in [0.15, 0.2) is 43.0 Å². The lowest BCUT2D eigenvalue weighted by atomic mass is 10.2. The summed E-state index contributed by atoms with van der Waals surface area (Å²) in [5, 5.41) is 15.7. The van der Waals surface area contributed by atoms with Crippen LogP contribution >= 0.6 is 0 Å². The number of nitrogens with zero attached hydrogens (tertiary/aromatic N) is 8. The van der Waals surface area contributed by atoms with Gasteiger partial charge in [0.15, 0.2) is 5.82 Å². The van der Waals surface area contributed by atoms with Crippen LogP contribution in [-0.4, -0.2) is 52.5 Å². The van der Waals surface area contributed by atoms with Crippen LogP contribution in [0.3, 0.4) is 0 Å². The maximum atomic E-state index is 13.0. The number of hydrogen-bond acceptors (Lipinski definition) is 8. The third-order valence-electron chi connectivity index (χ3n) is 5.32. The summed E-state index contributed by atoms with van der Waals surface area (Å²) in [7, 11) is 1.47. The molecule has 0 bridgehead atoms. The second kappa shape index (κ2) is 8.17. The summed E-state index contributed by atoms with van der Waals surface area (Å²) in [6.45, 7) is 2.50. The van der Waals surface area contributed by atoms with Crippen molar-refractivity contribution >= 4 is 11.7 Å². The predicted octanol–water partition coefficient (Wildman–Crippen LogP) is 2.14. The Hall–Kier alpha value is -4.15. The molecule has 1 aliphatic rings. The molecule has 0 spiro atoms. The number of methoxy groups -OCH3 is 1.